The van der Waals surface area contributed by atoms with Crippen molar-refractivity contribution in [1.29, 1.82) is 0 Å². The second-order valence-corrected chi connectivity index (χ2v) is 3.16. The molecule has 4 heteroatoms. The van der Waals surface area contributed by atoms with Crippen molar-refractivity contribution in [2.75, 3.05) is 12.4 Å². The monoisotopic (exact) mass is 204 g/mol. The molecule has 13 heavy (non-hydrogen) atoms. The minimum atomic E-state index is -0.169. The van der Waals surface area contributed by atoms with Gasteiger partial charge in [-0.05, 0) is 19.8 Å². The van der Waals surface area contributed by atoms with Gasteiger partial charge in [0.2, 0.25) is 0 Å². The summed E-state index contributed by atoms with van der Waals surface area (Å²) in [6.45, 7) is 4.63. The molecule has 0 aromatic carbocycles. The second kappa shape index (κ2) is 7.92. The molecular formula is C9H17ClN2O. The zero-order chi connectivity index (χ0) is 10.1. The number of alkyl halides is 1. The number of hydrogen-bond acceptors (Lipinski definition) is 1. The molecule has 0 saturated carbocycles. The molecule has 2 N–H and O–H groups in total. The Labute approximate surface area is 84.5 Å². The number of carbonyl (C=O) groups is 1. The average molecular weight is 205 g/mol. The second-order valence-electron chi connectivity index (χ2n) is 2.79. The molecule has 0 unspecified atom stereocenters. The van der Waals surface area contributed by atoms with Crippen LogP contribution in [0.1, 0.15) is 26.7 Å². The molecule has 0 saturated heterocycles. The van der Waals surface area contributed by atoms with Crippen LogP contribution >= 0.6 is 11.6 Å². The van der Waals surface area contributed by atoms with E-state index in [-0.39, 0.29) is 6.03 Å². The number of nitrogens with one attached hydrogen (secondary N) is 2. The molecule has 0 bridgehead atoms. The number of rotatable bonds is 5. The van der Waals surface area contributed by atoms with E-state index in [1.165, 1.54) is 0 Å². The fourth-order valence-corrected chi connectivity index (χ4v) is 0.744. The molecule has 0 rings (SSSR count). The Morgan fingerprint density at radius 1 is 1.54 bits per heavy atom. The normalized spacial score (nSPS) is 11.2. The first-order valence-corrected chi connectivity index (χ1v) is 5.00. The zero-order valence-corrected chi connectivity index (χ0v) is 8.95. The van der Waals surface area contributed by atoms with Gasteiger partial charge in [0.05, 0.1) is 0 Å². The van der Waals surface area contributed by atoms with Crippen LogP contribution in [-0.2, 0) is 0 Å². The van der Waals surface area contributed by atoms with Crippen molar-refractivity contribution in [3.63, 3.8) is 0 Å². The smallest absolute Gasteiger partial charge is 0.318 e. The Morgan fingerprint density at radius 3 is 2.77 bits per heavy atom. The Bertz CT molecular complexity index is 180. The van der Waals surface area contributed by atoms with Gasteiger partial charge in [0.1, 0.15) is 0 Å². The topological polar surface area (TPSA) is 41.1 Å². The summed E-state index contributed by atoms with van der Waals surface area (Å²) >= 11 is 5.45. The van der Waals surface area contributed by atoms with Crippen LogP contribution in [-0.4, -0.2) is 18.5 Å². The molecule has 0 aliphatic carbocycles. The predicted molar refractivity (Wildman–Crippen MR) is 55.9 cm³/mol. The maximum Gasteiger partial charge on any atom is 0.318 e. The van der Waals surface area contributed by atoms with Crippen LogP contribution in [0.5, 0.6) is 0 Å². The molecular weight excluding hydrogens is 188 g/mol. The van der Waals surface area contributed by atoms with Crippen molar-refractivity contribution in [1.82, 2.24) is 10.6 Å². The highest BCUT2D eigenvalue weighted by atomic mass is 35.5. The van der Waals surface area contributed by atoms with E-state index in [1.807, 2.05) is 13.8 Å². The number of allylic oxidation sites excluding steroid dienone is 1. The third-order valence-corrected chi connectivity index (χ3v) is 1.87. The summed E-state index contributed by atoms with van der Waals surface area (Å²) in [6.07, 6.45) is 3.46. The molecule has 76 valence electrons. The number of urea groups is 1. The maximum atomic E-state index is 11.0. The highest BCUT2D eigenvalue weighted by molar-refractivity contribution is 6.17. The quantitative estimate of drug-likeness (QED) is 0.524. The predicted octanol–water partition coefficient (Wildman–Crippen LogP) is 2.23. The van der Waals surface area contributed by atoms with E-state index >= 15 is 0 Å². The van der Waals surface area contributed by atoms with Crippen molar-refractivity contribution in [2.24, 2.45) is 0 Å². The first kappa shape index (κ1) is 12.3. The number of carbonyl (C=O) groups excluding carboxylic acids is 1. The van der Waals surface area contributed by atoms with E-state index in [1.54, 1.807) is 6.20 Å². The summed E-state index contributed by atoms with van der Waals surface area (Å²) in [7, 11) is 0. The molecule has 0 aliphatic rings. The summed E-state index contributed by atoms with van der Waals surface area (Å²) in [6, 6.07) is -0.169. The van der Waals surface area contributed by atoms with Gasteiger partial charge in [-0.25, -0.2) is 4.79 Å². The summed E-state index contributed by atoms with van der Waals surface area (Å²) in [4.78, 5) is 11.0. The van der Waals surface area contributed by atoms with Crippen LogP contribution in [0.25, 0.3) is 0 Å². The van der Waals surface area contributed by atoms with Gasteiger partial charge in [0, 0.05) is 18.6 Å². The fraction of sp³-hybridized carbons (Fsp3) is 0.667. The molecule has 0 aromatic rings. The maximum absolute atomic E-state index is 11.0. The Balaban J connectivity index is 3.51. The van der Waals surface area contributed by atoms with Crippen molar-refractivity contribution in [2.45, 2.75) is 26.7 Å². The largest absolute Gasteiger partial charge is 0.338 e. The van der Waals surface area contributed by atoms with Crippen LogP contribution in [0, 0.1) is 0 Å². The Hall–Kier alpha value is -0.700. The van der Waals surface area contributed by atoms with Gasteiger partial charge >= 0.3 is 6.03 Å². The molecule has 0 spiro atoms. The minimum Gasteiger partial charge on any atom is -0.338 e. The van der Waals surface area contributed by atoms with Crippen LogP contribution in [0.4, 0.5) is 4.79 Å². The van der Waals surface area contributed by atoms with Gasteiger partial charge in [-0.1, -0.05) is 12.5 Å². The molecule has 0 heterocycles. The fourth-order valence-electron chi connectivity index (χ4n) is 0.611. The third kappa shape index (κ3) is 7.65. The molecule has 2 amide bonds. The Morgan fingerprint density at radius 2 is 2.23 bits per heavy atom. The molecule has 0 radical (unpaired) electrons. The highest BCUT2D eigenvalue weighted by Crippen LogP contribution is 1.94. The van der Waals surface area contributed by atoms with Crippen molar-refractivity contribution in [3.05, 3.63) is 11.8 Å². The van der Waals surface area contributed by atoms with Gasteiger partial charge in [-0.3, -0.25) is 0 Å². The van der Waals surface area contributed by atoms with Crippen LogP contribution in [0.15, 0.2) is 11.8 Å². The standard InChI is InChI=1S/C9H17ClN2O/c1-3-8(2)7-12-9(13)11-6-4-5-10/h7H,3-6H2,1-2H3,(H2,11,12,13)/b8-7+. The third-order valence-electron chi connectivity index (χ3n) is 1.60. The summed E-state index contributed by atoms with van der Waals surface area (Å²) < 4.78 is 0. The molecule has 3 nitrogen and oxygen atoms in total. The van der Waals surface area contributed by atoms with E-state index < -0.39 is 0 Å². The van der Waals surface area contributed by atoms with E-state index in [0.29, 0.717) is 12.4 Å². The molecule has 0 aliphatic heterocycles. The van der Waals surface area contributed by atoms with Gasteiger partial charge in [-0.2, -0.15) is 0 Å². The Kier molecular flexibility index (Phi) is 7.50. The van der Waals surface area contributed by atoms with E-state index in [4.69, 9.17) is 11.6 Å². The number of amides is 2. The lowest BCUT2D eigenvalue weighted by Gasteiger charge is -2.03. The SMILES string of the molecule is CC/C(C)=C/NC(=O)NCCCCl. The van der Waals surface area contributed by atoms with E-state index in [0.717, 1.165) is 18.4 Å². The van der Waals surface area contributed by atoms with Crippen molar-refractivity contribution >= 4 is 17.6 Å². The van der Waals surface area contributed by atoms with E-state index in [2.05, 4.69) is 10.6 Å². The summed E-state index contributed by atoms with van der Waals surface area (Å²) in [5.41, 5.74) is 1.15. The minimum absolute atomic E-state index is 0.169. The summed E-state index contributed by atoms with van der Waals surface area (Å²) in [5.74, 6) is 0.574. The first-order chi connectivity index (χ1) is 6.20. The van der Waals surface area contributed by atoms with Crippen LogP contribution < -0.4 is 10.6 Å². The van der Waals surface area contributed by atoms with Crippen LogP contribution in [0.2, 0.25) is 0 Å². The average Bonchev–Trinajstić information content (AvgIpc) is 2.14. The van der Waals surface area contributed by atoms with Gasteiger partial charge in [0.15, 0.2) is 0 Å². The first-order valence-electron chi connectivity index (χ1n) is 4.46. The lowest BCUT2D eigenvalue weighted by molar-refractivity contribution is 0.244. The van der Waals surface area contributed by atoms with E-state index in [9.17, 15) is 4.79 Å². The molecule has 0 atom stereocenters. The molecule has 0 aromatic heterocycles. The van der Waals surface area contributed by atoms with Crippen molar-refractivity contribution < 1.29 is 4.79 Å². The number of hydrogen-bond donors (Lipinski definition) is 2. The van der Waals surface area contributed by atoms with Crippen LogP contribution in [0.3, 0.4) is 0 Å². The summed E-state index contributed by atoms with van der Waals surface area (Å²) in [5, 5.41) is 5.32. The van der Waals surface area contributed by atoms with Gasteiger partial charge in [0.25, 0.3) is 0 Å². The lowest BCUT2D eigenvalue weighted by atomic mass is 10.3. The van der Waals surface area contributed by atoms with Gasteiger partial charge in [-0.15, -0.1) is 11.6 Å². The lowest BCUT2D eigenvalue weighted by Crippen LogP contribution is -2.33. The highest BCUT2D eigenvalue weighted by Gasteiger charge is 1.95. The van der Waals surface area contributed by atoms with Crippen molar-refractivity contribution in [3.8, 4) is 0 Å². The van der Waals surface area contributed by atoms with Gasteiger partial charge < -0.3 is 10.6 Å². The molecule has 0 fully saturated rings. The zero-order valence-electron chi connectivity index (χ0n) is 8.19. The number of halogens is 1.